The van der Waals surface area contributed by atoms with Crippen LogP contribution in [-0.4, -0.2) is 38.8 Å². The minimum absolute atomic E-state index is 0.118. The molecule has 1 saturated heterocycles. The van der Waals surface area contributed by atoms with Crippen molar-refractivity contribution in [2.24, 2.45) is 0 Å². The highest BCUT2D eigenvalue weighted by molar-refractivity contribution is 5.69. The Hall–Kier alpha value is -0.610. The molecule has 15 heavy (non-hydrogen) atoms. The lowest BCUT2D eigenvalue weighted by molar-refractivity contribution is -0.140. The molecule has 1 rings (SSSR count). The molecule has 0 aromatic rings. The maximum atomic E-state index is 10.8. The Morgan fingerprint density at radius 3 is 3.07 bits per heavy atom. The monoisotopic (exact) mass is 214 g/mol. The quantitative estimate of drug-likeness (QED) is 0.504. The minimum atomic E-state index is -0.118. The lowest BCUT2D eigenvalue weighted by Crippen LogP contribution is -2.41. The van der Waals surface area contributed by atoms with Crippen LogP contribution in [0.1, 0.15) is 32.1 Å². The number of ether oxygens (including phenoxy) is 1. The number of carbonyl (C=O) groups excluding carboxylic acids is 1. The smallest absolute Gasteiger partial charge is 0.305 e. The highest BCUT2D eigenvalue weighted by Gasteiger charge is 2.11. The number of hydrogen-bond acceptors (Lipinski definition) is 4. The molecule has 0 spiro atoms. The van der Waals surface area contributed by atoms with E-state index in [0.29, 0.717) is 12.5 Å². The number of hydrogen-bond donors (Lipinski definition) is 2. The van der Waals surface area contributed by atoms with Crippen LogP contribution < -0.4 is 10.6 Å². The van der Waals surface area contributed by atoms with Crippen molar-refractivity contribution in [1.29, 1.82) is 0 Å². The Kier molecular flexibility index (Phi) is 6.36. The van der Waals surface area contributed by atoms with E-state index in [1.165, 1.54) is 26.4 Å². The Morgan fingerprint density at radius 2 is 2.40 bits per heavy atom. The van der Waals surface area contributed by atoms with Gasteiger partial charge in [-0.05, 0) is 32.4 Å². The summed E-state index contributed by atoms with van der Waals surface area (Å²) >= 11 is 0. The summed E-state index contributed by atoms with van der Waals surface area (Å²) in [7, 11) is 1.43. The van der Waals surface area contributed by atoms with Crippen LogP contribution in [0.5, 0.6) is 0 Å². The van der Waals surface area contributed by atoms with E-state index in [4.69, 9.17) is 0 Å². The fourth-order valence-corrected chi connectivity index (χ4v) is 1.83. The molecule has 0 amide bonds. The largest absolute Gasteiger partial charge is 0.469 e. The molecule has 88 valence electrons. The first-order valence-corrected chi connectivity index (χ1v) is 5.84. The van der Waals surface area contributed by atoms with E-state index in [1.807, 2.05) is 0 Å². The molecule has 0 aromatic heterocycles. The van der Waals surface area contributed by atoms with Gasteiger partial charge >= 0.3 is 5.97 Å². The van der Waals surface area contributed by atoms with Crippen LogP contribution in [0.2, 0.25) is 0 Å². The zero-order valence-corrected chi connectivity index (χ0v) is 9.55. The predicted octanol–water partition coefficient (Wildman–Crippen LogP) is 0.671. The molecule has 1 fully saturated rings. The normalized spacial score (nSPS) is 21.3. The van der Waals surface area contributed by atoms with Crippen LogP contribution >= 0.6 is 0 Å². The van der Waals surface area contributed by atoms with Crippen molar-refractivity contribution in [1.82, 2.24) is 10.6 Å². The summed E-state index contributed by atoms with van der Waals surface area (Å²) in [6.45, 7) is 3.06. The number of carbonyl (C=O) groups is 1. The highest BCUT2D eigenvalue weighted by Crippen LogP contribution is 2.05. The number of piperidine rings is 1. The maximum Gasteiger partial charge on any atom is 0.305 e. The fourth-order valence-electron chi connectivity index (χ4n) is 1.83. The number of esters is 1. The third-order valence-corrected chi connectivity index (χ3v) is 2.77. The second kappa shape index (κ2) is 7.65. The summed E-state index contributed by atoms with van der Waals surface area (Å²) in [5, 5.41) is 6.84. The molecule has 2 N–H and O–H groups in total. The molecule has 4 heteroatoms. The third kappa shape index (κ3) is 5.74. The highest BCUT2D eigenvalue weighted by atomic mass is 16.5. The molecule has 1 aliphatic heterocycles. The van der Waals surface area contributed by atoms with Gasteiger partial charge in [0, 0.05) is 19.0 Å². The van der Waals surface area contributed by atoms with Gasteiger partial charge in [-0.15, -0.1) is 0 Å². The van der Waals surface area contributed by atoms with E-state index in [9.17, 15) is 4.79 Å². The fraction of sp³-hybridized carbons (Fsp3) is 0.909. The van der Waals surface area contributed by atoms with Crippen molar-refractivity contribution in [3.8, 4) is 0 Å². The molecule has 1 aliphatic rings. The summed E-state index contributed by atoms with van der Waals surface area (Å²) < 4.78 is 4.57. The Labute approximate surface area is 91.8 Å². The molecule has 0 saturated carbocycles. The zero-order valence-electron chi connectivity index (χ0n) is 9.55. The summed E-state index contributed by atoms with van der Waals surface area (Å²) in [6, 6.07) is 0.622. The summed E-state index contributed by atoms with van der Waals surface area (Å²) in [5.74, 6) is -0.118. The molecular formula is C11H22N2O2. The van der Waals surface area contributed by atoms with E-state index in [1.54, 1.807) is 0 Å². The molecule has 1 heterocycles. The Morgan fingerprint density at radius 1 is 1.53 bits per heavy atom. The molecule has 1 unspecified atom stereocenters. The molecule has 0 radical (unpaired) electrons. The zero-order chi connectivity index (χ0) is 10.9. The SMILES string of the molecule is COC(=O)CCCNCC1CCCCN1. The van der Waals surface area contributed by atoms with Gasteiger partial charge in [-0.1, -0.05) is 6.42 Å². The first-order valence-electron chi connectivity index (χ1n) is 5.84. The maximum absolute atomic E-state index is 10.8. The van der Waals surface area contributed by atoms with Gasteiger partial charge in [0.2, 0.25) is 0 Å². The lowest BCUT2D eigenvalue weighted by atomic mass is 10.1. The first kappa shape index (κ1) is 12.5. The van der Waals surface area contributed by atoms with Crippen molar-refractivity contribution in [2.45, 2.75) is 38.1 Å². The van der Waals surface area contributed by atoms with Crippen molar-refractivity contribution >= 4 is 5.97 Å². The van der Waals surface area contributed by atoms with Crippen molar-refractivity contribution in [3.05, 3.63) is 0 Å². The summed E-state index contributed by atoms with van der Waals surface area (Å²) in [6.07, 6.45) is 5.28. The van der Waals surface area contributed by atoms with E-state index >= 15 is 0 Å². The molecule has 1 atom stereocenters. The number of nitrogens with one attached hydrogen (secondary N) is 2. The summed E-state index contributed by atoms with van der Waals surface area (Å²) in [5.41, 5.74) is 0. The molecule has 0 bridgehead atoms. The van der Waals surface area contributed by atoms with Gasteiger partial charge in [-0.25, -0.2) is 0 Å². The molecule has 0 aromatic carbocycles. The topological polar surface area (TPSA) is 50.4 Å². The number of rotatable bonds is 6. The van der Waals surface area contributed by atoms with Gasteiger partial charge in [-0.2, -0.15) is 0 Å². The van der Waals surface area contributed by atoms with Gasteiger partial charge in [0.05, 0.1) is 7.11 Å². The standard InChI is InChI=1S/C11H22N2O2/c1-15-11(14)6-4-7-12-9-10-5-2-3-8-13-10/h10,12-13H,2-9H2,1H3. The molecule has 4 nitrogen and oxygen atoms in total. The molecule has 0 aliphatic carbocycles. The predicted molar refractivity (Wildman–Crippen MR) is 59.8 cm³/mol. The second-order valence-corrected chi connectivity index (χ2v) is 4.03. The van der Waals surface area contributed by atoms with Gasteiger partial charge in [0.1, 0.15) is 0 Å². The van der Waals surface area contributed by atoms with Crippen LogP contribution in [0.15, 0.2) is 0 Å². The van der Waals surface area contributed by atoms with Crippen molar-refractivity contribution < 1.29 is 9.53 Å². The second-order valence-electron chi connectivity index (χ2n) is 4.03. The van der Waals surface area contributed by atoms with Crippen LogP contribution in [0.4, 0.5) is 0 Å². The van der Waals surface area contributed by atoms with Gasteiger partial charge in [0.15, 0.2) is 0 Å². The Balaban J connectivity index is 1.89. The van der Waals surface area contributed by atoms with E-state index < -0.39 is 0 Å². The Bertz CT molecular complexity index is 179. The van der Waals surface area contributed by atoms with Crippen molar-refractivity contribution in [2.75, 3.05) is 26.7 Å². The van der Waals surface area contributed by atoms with Crippen LogP contribution in [0.25, 0.3) is 0 Å². The van der Waals surface area contributed by atoms with Gasteiger partial charge < -0.3 is 15.4 Å². The van der Waals surface area contributed by atoms with Gasteiger partial charge in [-0.3, -0.25) is 4.79 Å². The summed E-state index contributed by atoms with van der Waals surface area (Å²) in [4.78, 5) is 10.8. The van der Waals surface area contributed by atoms with Crippen LogP contribution in [0, 0.1) is 0 Å². The number of methoxy groups -OCH3 is 1. The first-order chi connectivity index (χ1) is 7.33. The third-order valence-electron chi connectivity index (χ3n) is 2.77. The average Bonchev–Trinajstić information content (AvgIpc) is 2.29. The lowest BCUT2D eigenvalue weighted by Gasteiger charge is -2.23. The average molecular weight is 214 g/mol. The minimum Gasteiger partial charge on any atom is -0.469 e. The van der Waals surface area contributed by atoms with Crippen LogP contribution in [-0.2, 0) is 9.53 Å². The van der Waals surface area contributed by atoms with Crippen molar-refractivity contribution in [3.63, 3.8) is 0 Å². The van der Waals surface area contributed by atoms with Gasteiger partial charge in [0.25, 0.3) is 0 Å². The van der Waals surface area contributed by atoms with E-state index in [-0.39, 0.29) is 5.97 Å². The van der Waals surface area contributed by atoms with Crippen LogP contribution in [0.3, 0.4) is 0 Å². The molecular weight excluding hydrogens is 192 g/mol. The van der Waals surface area contributed by atoms with E-state index in [2.05, 4.69) is 15.4 Å². The van der Waals surface area contributed by atoms with E-state index in [0.717, 1.165) is 26.1 Å².